The molecule has 4 aliphatic rings. The van der Waals surface area contributed by atoms with Crippen LogP contribution in [0.5, 0.6) is 0 Å². The molecule has 0 unspecified atom stereocenters. The molecule has 0 radical (unpaired) electrons. The molecule has 12 heteroatoms. The van der Waals surface area contributed by atoms with Gasteiger partial charge >= 0.3 is 11.7 Å². The fraction of sp³-hybridized carbons (Fsp3) is 0.611. The first-order valence-electron chi connectivity index (χ1n) is 18.1. The largest absolute Gasteiger partial charge is 0.334 e. The number of urea groups is 1. The number of aryl methyl sites for hydroxylation is 1. The Morgan fingerprint density at radius 3 is 2.65 bits per heavy atom. The standard InChI is InChI=1S/C36H50N10O2/c1-25-19-26(20-27-22-39-42-32(25)27)21-28(23-43-16-8-36(24-43)9-17-44(18-10-36)29-4-12-37-13-5-29)40-34(47)45-14-6-30(7-15-45)46-31-3-2-11-38-33(31)41-35(46)48/h2-3,11,19-20,22,28-30,37H,4-10,12-18,21,23-24H2,1H3,(H,39,42)(H,40,47)(H,38,41,48)/t28-/m1/s1. The summed E-state index contributed by atoms with van der Waals surface area (Å²) in [5.41, 5.74) is 5.20. The molecule has 256 valence electrons. The second-order valence-electron chi connectivity index (χ2n) is 15.0. The summed E-state index contributed by atoms with van der Waals surface area (Å²) in [5, 5.41) is 15.5. The van der Waals surface area contributed by atoms with E-state index < -0.39 is 0 Å². The maximum absolute atomic E-state index is 13.9. The van der Waals surface area contributed by atoms with Crippen LogP contribution < -0.4 is 16.3 Å². The van der Waals surface area contributed by atoms with E-state index in [-0.39, 0.29) is 23.8 Å². The molecule has 12 nitrogen and oxygen atoms in total. The van der Waals surface area contributed by atoms with E-state index in [0.717, 1.165) is 74.4 Å². The van der Waals surface area contributed by atoms with E-state index in [1.807, 2.05) is 27.8 Å². The first kappa shape index (κ1) is 31.5. The van der Waals surface area contributed by atoms with E-state index in [1.54, 1.807) is 6.20 Å². The zero-order chi connectivity index (χ0) is 32.7. The summed E-state index contributed by atoms with van der Waals surface area (Å²) in [6.45, 7) is 11.2. The van der Waals surface area contributed by atoms with Crippen molar-refractivity contribution in [3.63, 3.8) is 0 Å². The van der Waals surface area contributed by atoms with Crippen LogP contribution in [0.1, 0.15) is 62.1 Å². The topological polar surface area (TPSA) is 130 Å². The van der Waals surface area contributed by atoms with Gasteiger partial charge in [-0.3, -0.25) is 14.6 Å². The predicted octanol–water partition coefficient (Wildman–Crippen LogP) is 3.41. The first-order valence-corrected chi connectivity index (χ1v) is 18.1. The van der Waals surface area contributed by atoms with E-state index in [9.17, 15) is 9.59 Å². The molecule has 48 heavy (non-hydrogen) atoms. The van der Waals surface area contributed by atoms with E-state index in [4.69, 9.17) is 0 Å². The van der Waals surface area contributed by atoms with Crippen LogP contribution in [0.2, 0.25) is 0 Å². The van der Waals surface area contributed by atoms with Crippen LogP contribution in [0, 0.1) is 12.3 Å². The van der Waals surface area contributed by atoms with Crippen molar-refractivity contribution < 1.29 is 4.79 Å². The second-order valence-corrected chi connectivity index (χ2v) is 15.0. The van der Waals surface area contributed by atoms with Crippen LogP contribution >= 0.6 is 0 Å². The highest BCUT2D eigenvalue weighted by atomic mass is 16.2. The molecule has 4 saturated heterocycles. The zero-order valence-electron chi connectivity index (χ0n) is 28.2. The number of aromatic amines is 2. The van der Waals surface area contributed by atoms with Gasteiger partial charge in [-0.2, -0.15) is 5.10 Å². The van der Waals surface area contributed by atoms with Gasteiger partial charge in [-0.1, -0.05) is 6.07 Å². The molecule has 0 saturated carbocycles. The molecule has 1 aromatic carbocycles. The highest BCUT2D eigenvalue weighted by Crippen LogP contribution is 2.41. The number of H-pyrrole nitrogens is 2. The van der Waals surface area contributed by atoms with Crippen LogP contribution in [0.25, 0.3) is 22.1 Å². The third-order valence-corrected chi connectivity index (χ3v) is 11.9. The summed E-state index contributed by atoms with van der Waals surface area (Å²) in [4.78, 5) is 41.2. The van der Waals surface area contributed by atoms with Gasteiger partial charge in [0.15, 0.2) is 5.65 Å². The lowest BCUT2D eigenvalue weighted by molar-refractivity contribution is 0.0639. The van der Waals surface area contributed by atoms with Crippen LogP contribution in [0.4, 0.5) is 4.79 Å². The van der Waals surface area contributed by atoms with E-state index in [0.29, 0.717) is 24.2 Å². The van der Waals surface area contributed by atoms with Crippen molar-refractivity contribution in [3.05, 3.63) is 58.3 Å². The fourth-order valence-corrected chi connectivity index (χ4v) is 9.23. The van der Waals surface area contributed by atoms with E-state index in [1.165, 1.54) is 56.3 Å². The van der Waals surface area contributed by atoms with Crippen LogP contribution in [0.3, 0.4) is 0 Å². The van der Waals surface area contributed by atoms with Crippen LogP contribution in [-0.2, 0) is 6.42 Å². The number of benzene rings is 1. The number of nitrogens with one attached hydrogen (secondary N) is 4. The minimum atomic E-state index is -0.128. The second kappa shape index (κ2) is 13.3. The van der Waals surface area contributed by atoms with Crippen molar-refractivity contribution in [3.8, 4) is 0 Å². The maximum atomic E-state index is 13.9. The molecule has 0 aliphatic carbocycles. The molecule has 4 fully saturated rings. The van der Waals surface area contributed by atoms with Gasteiger partial charge in [-0.05, 0) is 126 Å². The van der Waals surface area contributed by atoms with Crippen molar-refractivity contribution in [2.75, 3.05) is 58.9 Å². The summed E-state index contributed by atoms with van der Waals surface area (Å²) < 4.78 is 1.83. The summed E-state index contributed by atoms with van der Waals surface area (Å²) in [5.74, 6) is 0. The summed E-state index contributed by atoms with van der Waals surface area (Å²) in [6.07, 6.45) is 12.2. The number of fused-ring (bicyclic) bond motifs is 2. The smallest absolute Gasteiger partial charge is 0.327 e. The number of rotatable bonds is 7. The van der Waals surface area contributed by atoms with Crippen molar-refractivity contribution in [2.24, 2.45) is 5.41 Å². The predicted molar refractivity (Wildman–Crippen MR) is 187 cm³/mol. The number of carbonyl (C=O) groups excluding carboxylic acids is 1. The number of hydrogen-bond acceptors (Lipinski definition) is 7. The molecule has 2 amide bonds. The van der Waals surface area contributed by atoms with E-state index in [2.05, 4.69) is 59.7 Å². The summed E-state index contributed by atoms with van der Waals surface area (Å²) in [7, 11) is 0. The third kappa shape index (κ3) is 6.37. The molecule has 4 N–H and O–H groups in total. The Balaban J connectivity index is 0.928. The van der Waals surface area contributed by atoms with Crippen LogP contribution in [-0.4, -0.2) is 116 Å². The van der Waals surface area contributed by atoms with Gasteiger partial charge in [0.1, 0.15) is 0 Å². The van der Waals surface area contributed by atoms with Crippen molar-refractivity contribution in [1.29, 1.82) is 0 Å². The maximum Gasteiger partial charge on any atom is 0.327 e. The Morgan fingerprint density at radius 2 is 1.83 bits per heavy atom. The first-order chi connectivity index (χ1) is 23.4. The lowest BCUT2D eigenvalue weighted by atomic mass is 9.77. The van der Waals surface area contributed by atoms with Gasteiger partial charge in [0.05, 0.1) is 17.2 Å². The van der Waals surface area contributed by atoms with Crippen molar-refractivity contribution >= 4 is 28.1 Å². The molecule has 4 aliphatic heterocycles. The number of imidazole rings is 1. The van der Waals surface area contributed by atoms with Gasteiger partial charge in [-0.15, -0.1) is 0 Å². The number of pyridine rings is 1. The zero-order valence-corrected chi connectivity index (χ0v) is 28.2. The van der Waals surface area contributed by atoms with Crippen molar-refractivity contribution in [2.45, 2.75) is 76.4 Å². The van der Waals surface area contributed by atoms with Gasteiger partial charge in [0.25, 0.3) is 0 Å². The number of amides is 2. The number of likely N-dealkylation sites (tertiary alicyclic amines) is 3. The monoisotopic (exact) mass is 654 g/mol. The average Bonchev–Trinajstić information content (AvgIpc) is 3.82. The lowest BCUT2D eigenvalue weighted by Crippen LogP contribution is -2.52. The number of nitrogens with zero attached hydrogens (tertiary/aromatic N) is 6. The molecule has 3 aromatic heterocycles. The summed E-state index contributed by atoms with van der Waals surface area (Å²) >= 11 is 0. The Labute approximate surface area is 281 Å². The highest BCUT2D eigenvalue weighted by Gasteiger charge is 2.42. The lowest BCUT2D eigenvalue weighted by Gasteiger charge is -2.44. The fourth-order valence-electron chi connectivity index (χ4n) is 9.23. The minimum Gasteiger partial charge on any atom is -0.334 e. The molecular weight excluding hydrogens is 604 g/mol. The average molecular weight is 655 g/mol. The Kier molecular flexibility index (Phi) is 8.72. The number of carbonyl (C=O) groups is 1. The Hall–Kier alpha value is -3.74. The number of piperidine rings is 3. The number of aromatic nitrogens is 5. The SMILES string of the molecule is Cc1cc(C[C@H](CN2CCC3(CCN(C4CCNCC4)CC3)C2)NC(=O)N2CCC(n3c(=O)[nH]c4ncccc43)CC2)cc2cn[nH]c12. The third-order valence-electron chi connectivity index (χ3n) is 11.9. The summed E-state index contributed by atoms with van der Waals surface area (Å²) in [6, 6.07) is 9.04. The van der Waals surface area contributed by atoms with E-state index >= 15 is 0 Å². The highest BCUT2D eigenvalue weighted by molar-refractivity contribution is 5.82. The van der Waals surface area contributed by atoms with Crippen LogP contribution in [0.15, 0.2) is 41.5 Å². The molecule has 7 heterocycles. The van der Waals surface area contributed by atoms with Gasteiger partial charge < -0.3 is 25.3 Å². The Bertz CT molecular complexity index is 1790. The van der Waals surface area contributed by atoms with Gasteiger partial charge in [0, 0.05) is 55.9 Å². The van der Waals surface area contributed by atoms with Crippen molar-refractivity contribution in [1.82, 2.24) is 50.1 Å². The minimum absolute atomic E-state index is 0.00306. The molecule has 0 bridgehead atoms. The number of hydrogen-bond donors (Lipinski definition) is 4. The van der Waals surface area contributed by atoms with Gasteiger partial charge in [0.2, 0.25) is 0 Å². The quantitative estimate of drug-likeness (QED) is 0.240. The van der Waals surface area contributed by atoms with Gasteiger partial charge in [-0.25, -0.2) is 14.6 Å². The molecule has 4 aromatic rings. The molecule has 8 rings (SSSR count). The Morgan fingerprint density at radius 1 is 1.04 bits per heavy atom. The normalized spacial score (nSPS) is 22.2. The molecule has 1 atom stereocenters. The molecular formula is C36H50N10O2. The molecule has 1 spiro atoms.